The van der Waals surface area contributed by atoms with Gasteiger partial charge in [-0.25, -0.2) is 4.79 Å². The number of likely N-dealkylation sites (tertiary alicyclic amines) is 1. The molecule has 0 aliphatic carbocycles. The van der Waals surface area contributed by atoms with E-state index in [0.717, 1.165) is 25.7 Å². The second-order valence-corrected chi connectivity index (χ2v) is 4.72. The Hall–Kier alpha value is -1.32. The summed E-state index contributed by atoms with van der Waals surface area (Å²) in [7, 11) is 1.35. The highest BCUT2D eigenvalue weighted by Gasteiger charge is 2.38. The fourth-order valence-electron chi connectivity index (χ4n) is 2.44. The lowest BCUT2D eigenvalue weighted by Crippen LogP contribution is -2.43. The van der Waals surface area contributed by atoms with Crippen molar-refractivity contribution in [2.24, 2.45) is 5.92 Å². The summed E-state index contributed by atoms with van der Waals surface area (Å²) in [6.45, 7) is 6.41. The number of hydrogen-bond acceptors (Lipinski definition) is 3. The van der Waals surface area contributed by atoms with Crippen molar-refractivity contribution in [3.05, 3.63) is 12.7 Å². The minimum absolute atomic E-state index is 0.0851. The molecule has 4 nitrogen and oxygen atoms in total. The monoisotopic (exact) mass is 253 g/mol. The van der Waals surface area contributed by atoms with Gasteiger partial charge in [0.2, 0.25) is 5.91 Å². The van der Waals surface area contributed by atoms with Crippen molar-refractivity contribution in [3.8, 4) is 0 Å². The summed E-state index contributed by atoms with van der Waals surface area (Å²) >= 11 is 0. The number of nitrogens with zero attached hydrogens (tertiary/aromatic N) is 1. The summed E-state index contributed by atoms with van der Waals surface area (Å²) < 4.78 is 4.76. The van der Waals surface area contributed by atoms with Crippen LogP contribution in [0.1, 0.15) is 39.0 Å². The van der Waals surface area contributed by atoms with Gasteiger partial charge in [0.15, 0.2) is 0 Å². The molecule has 0 spiro atoms. The quantitative estimate of drug-likeness (QED) is 0.516. The van der Waals surface area contributed by atoms with Crippen molar-refractivity contribution in [3.63, 3.8) is 0 Å². The third-order valence-corrected chi connectivity index (χ3v) is 3.50. The maximum atomic E-state index is 12.2. The van der Waals surface area contributed by atoms with Crippen LogP contribution in [-0.4, -0.2) is 36.5 Å². The Kier molecular flexibility index (Phi) is 5.89. The number of amides is 1. The SMILES string of the molecule is C=CCC(C(=O)OC)N1CC[C@H](CCCC)C1=O. The van der Waals surface area contributed by atoms with E-state index in [1.54, 1.807) is 11.0 Å². The first-order chi connectivity index (χ1) is 8.65. The Morgan fingerprint density at radius 3 is 2.94 bits per heavy atom. The molecular formula is C14H23NO3. The van der Waals surface area contributed by atoms with Gasteiger partial charge in [-0.15, -0.1) is 6.58 Å². The van der Waals surface area contributed by atoms with Gasteiger partial charge in [0.1, 0.15) is 6.04 Å². The topological polar surface area (TPSA) is 46.6 Å². The molecule has 0 aromatic heterocycles. The lowest BCUT2D eigenvalue weighted by molar-refractivity contribution is -0.151. The Balaban J connectivity index is 2.67. The molecule has 1 rings (SSSR count). The van der Waals surface area contributed by atoms with E-state index in [-0.39, 0.29) is 17.8 Å². The molecule has 4 heteroatoms. The van der Waals surface area contributed by atoms with Crippen LogP contribution in [0.4, 0.5) is 0 Å². The molecule has 0 saturated carbocycles. The molecular weight excluding hydrogens is 230 g/mol. The molecule has 0 bridgehead atoms. The van der Waals surface area contributed by atoms with Crippen molar-refractivity contribution in [1.82, 2.24) is 4.90 Å². The molecule has 18 heavy (non-hydrogen) atoms. The molecule has 0 aromatic carbocycles. The maximum absolute atomic E-state index is 12.2. The minimum atomic E-state index is -0.494. The normalized spacial score (nSPS) is 20.9. The molecule has 1 fully saturated rings. The lowest BCUT2D eigenvalue weighted by atomic mass is 10.0. The van der Waals surface area contributed by atoms with Crippen LogP contribution in [0.25, 0.3) is 0 Å². The Labute approximate surface area is 109 Å². The average Bonchev–Trinajstić information content (AvgIpc) is 2.74. The lowest BCUT2D eigenvalue weighted by Gasteiger charge is -2.25. The average molecular weight is 253 g/mol. The van der Waals surface area contributed by atoms with Gasteiger partial charge in [0, 0.05) is 12.5 Å². The van der Waals surface area contributed by atoms with Crippen molar-refractivity contribution in [2.45, 2.75) is 45.1 Å². The van der Waals surface area contributed by atoms with Gasteiger partial charge in [-0.3, -0.25) is 4.79 Å². The number of rotatable bonds is 7. The van der Waals surface area contributed by atoms with Gasteiger partial charge in [-0.1, -0.05) is 25.8 Å². The van der Waals surface area contributed by atoms with Crippen molar-refractivity contribution >= 4 is 11.9 Å². The maximum Gasteiger partial charge on any atom is 0.328 e. The highest BCUT2D eigenvalue weighted by molar-refractivity contribution is 5.87. The number of hydrogen-bond donors (Lipinski definition) is 0. The number of carbonyl (C=O) groups is 2. The second kappa shape index (κ2) is 7.19. The number of esters is 1. The van der Waals surface area contributed by atoms with E-state index in [0.29, 0.717) is 13.0 Å². The van der Waals surface area contributed by atoms with Crippen LogP contribution in [0.3, 0.4) is 0 Å². The number of carbonyl (C=O) groups excluding carboxylic acids is 2. The van der Waals surface area contributed by atoms with E-state index >= 15 is 0 Å². The molecule has 0 aromatic rings. The van der Waals surface area contributed by atoms with Gasteiger partial charge < -0.3 is 9.64 Å². The van der Waals surface area contributed by atoms with Gasteiger partial charge in [0.05, 0.1) is 7.11 Å². The van der Waals surface area contributed by atoms with Crippen molar-refractivity contribution < 1.29 is 14.3 Å². The first kappa shape index (κ1) is 14.7. The van der Waals surface area contributed by atoms with E-state index in [2.05, 4.69) is 13.5 Å². The molecule has 1 aliphatic rings. The first-order valence-electron chi connectivity index (χ1n) is 6.64. The fourth-order valence-corrected chi connectivity index (χ4v) is 2.44. The van der Waals surface area contributed by atoms with Crippen LogP contribution in [-0.2, 0) is 14.3 Å². The van der Waals surface area contributed by atoms with Gasteiger partial charge >= 0.3 is 5.97 Å². The zero-order valence-electron chi connectivity index (χ0n) is 11.4. The van der Waals surface area contributed by atoms with Crippen LogP contribution < -0.4 is 0 Å². The Morgan fingerprint density at radius 2 is 2.39 bits per heavy atom. The van der Waals surface area contributed by atoms with E-state index in [9.17, 15) is 9.59 Å². The summed E-state index contributed by atoms with van der Waals surface area (Å²) in [6.07, 6.45) is 6.05. The van der Waals surface area contributed by atoms with E-state index in [4.69, 9.17) is 4.74 Å². The number of methoxy groups -OCH3 is 1. The van der Waals surface area contributed by atoms with E-state index in [1.807, 2.05) is 0 Å². The van der Waals surface area contributed by atoms with Crippen LogP contribution >= 0.6 is 0 Å². The van der Waals surface area contributed by atoms with Crippen LogP contribution in [0.15, 0.2) is 12.7 Å². The fraction of sp³-hybridized carbons (Fsp3) is 0.714. The van der Waals surface area contributed by atoms with E-state index < -0.39 is 6.04 Å². The third-order valence-electron chi connectivity index (χ3n) is 3.50. The predicted molar refractivity (Wildman–Crippen MR) is 70.0 cm³/mol. The highest BCUT2D eigenvalue weighted by atomic mass is 16.5. The summed E-state index contributed by atoms with van der Waals surface area (Å²) in [6, 6.07) is -0.494. The smallest absolute Gasteiger partial charge is 0.328 e. The van der Waals surface area contributed by atoms with E-state index in [1.165, 1.54) is 7.11 Å². The molecule has 0 radical (unpaired) electrons. The Morgan fingerprint density at radius 1 is 1.67 bits per heavy atom. The zero-order valence-corrected chi connectivity index (χ0v) is 11.4. The van der Waals surface area contributed by atoms with Crippen LogP contribution in [0.2, 0.25) is 0 Å². The minimum Gasteiger partial charge on any atom is -0.467 e. The van der Waals surface area contributed by atoms with Gasteiger partial charge in [0.25, 0.3) is 0 Å². The molecule has 1 heterocycles. The van der Waals surface area contributed by atoms with Gasteiger partial charge in [-0.05, 0) is 19.3 Å². The Bertz CT molecular complexity index is 314. The summed E-state index contributed by atoms with van der Waals surface area (Å²) in [5, 5.41) is 0. The predicted octanol–water partition coefficient (Wildman–Crippen LogP) is 2.14. The molecule has 1 saturated heterocycles. The summed E-state index contributed by atoms with van der Waals surface area (Å²) in [5.41, 5.74) is 0. The number of unbranched alkanes of at least 4 members (excludes halogenated alkanes) is 1. The zero-order chi connectivity index (χ0) is 13.5. The molecule has 1 amide bonds. The van der Waals surface area contributed by atoms with Crippen molar-refractivity contribution in [2.75, 3.05) is 13.7 Å². The summed E-state index contributed by atoms with van der Waals surface area (Å²) in [5.74, 6) is -0.165. The molecule has 1 unspecified atom stereocenters. The van der Waals surface area contributed by atoms with Crippen LogP contribution in [0.5, 0.6) is 0 Å². The summed E-state index contributed by atoms with van der Waals surface area (Å²) in [4.78, 5) is 25.6. The van der Waals surface area contributed by atoms with Crippen molar-refractivity contribution in [1.29, 1.82) is 0 Å². The highest BCUT2D eigenvalue weighted by Crippen LogP contribution is 2.26. The molecule has 102 valence electrons. The largest absolute Gasteiger partial charge is 0.467 e. The third kappa shape index (κ3) is 3.34. The second-order valence-electron chi connectivity index (χ2n) is 4.72. The first-order valence-corrected chi connectivity index (χ1v) is 6.64. The molecule has 0 N–H and O–H groups in total. The standard InChI is InChI=1S/C14H23NO3/c1-4-6-8-11-9-10-15(13(11)16)12(7-5-2)14(17)18-3/h5,11-12H,2,4,6-10H2,1,3H3/t11-,12?/m0/s1. The molecule has 2 atom stereocenters. The number of ether oxygens (including phenoxy) is 1. The molecule has 1 aliphatic heterocycles. The van der Waals surface area contributed by atoms with Crippen LogP contribution in [0, 0.1) is 5.92 Å². The van der Waals surface area contributed by atoms with Gasteiger partial charge in [-0.2, -0.15) is 0 Å².